The molecule has 0 atom stereocenters. The van der Waals surface area contributed by atoms with Crippen molar-refractivity contribution in [2.24, 2.45) is 7.05 Å². The summed E-state index contributed by atoms with van der Waals surface area (Å²) in [6, 6.07) is 4.76. The number of fused-ring (bicyclic) bond motifs is 1. The van der Waals surface area contributed by atoms with E-state index in [0.29, 0.717) is 49.6 Å². The molecule has 9 nitrogen and oxygen atoms in total. The number of hydrogen-bond donors (Lipinski definition) is 1. The van der Waals surface area contributed by atoms with Gasteiger partial charge in [0.25, 0.3) is 0 Å². The minimum Gasteiger partial charge on any atom is -0.450 e. The Hall–Kier alpha value is -2.97. The lowest BCUT2D eigenvalue weighted by Crippen LogP contribution is -2.51. The maximum atomic E-state index is 12.4. The van der Waals surface area contributed by atoms with Gasteiger partial charge in [0, 0.05) is 38.9 Å². The predicted octanol–water partition coefficient (Wildman–Crippen LogP) is 1.44. The molecule has 134 valence electrons. The van der Waals surface area contributed by atoms with Gasteiger partial charge in [0.15, 0.2) is 5.58 Å². The predicted molar refractivity (Wildman–Crippen MR) is 90.6 cm³/mol. The molecule has 2 aromatic rings. The average Bonchev–Trinajstić information content (AvgIpc) is 2.89. The lowest BCUT2D eigenvalue weighted by atomic mass is 10.3. The highest BCUT2D eigenvalue weighted by Gasteiger charge is 2.24. The van der Waals surface area contributed by atoms with E-state index in [9.17, 15) is 14.4 Å². The van der Waals surface area contributed by atoms with Crippen molar-refractivity contribution in [3.63, 3.8) is 0 Å². The van der Waals surface area contributed by atoms with E-state index in [2.05, 4.69) is 5.32 Å². The monoisotopic (exact) mass is 348 g/mol. The minimum atomic E-state index is -0.450. The van der Waals surface area contributed by atoms with Crippen LogP contribution < -0.4 is 11.1 Å². The molecule has 9 heteroatoms. The highest BCUT2D eigenvalue weighted by atomic mass is 16.6. The van der Waals surface area contributed by atoms with Crippen molar-refractivity contribution in [2.75, 3.05) is 38.1 Å². The Labute approximate surface area is 143 Å². The molecule has 0 saturated carbocycles. The van der Waals surface area contributed by atoms with Crippen LogP contribution in [0.1, 0.15) is 6.92 Å². The Bertz CT molecular complexity index is 848. The third-order valence-corrected chi connectivity index (χ3v) is 4.14. The molecule has 1 aromatic carbocycles. The Morgan fingerprint density at radius 1 is 1.20 bits per heavy atom. The van der Waals surface area contributed by atoms with Gasteiger partial charge in [-0.15, -0.1) is 0 Å². The summed E-state index contributed by atoms with van der Waals surface area (Å²) in [5.74, 6) is -0.450. The van der Waals surface area contributed by atoms with Crippen molar-refractivity contribution >= 4 is 28.9 Å². The number of aryl methyl sites for hydroxylation is 1. The zero-order chi connectivity index (χ0) is 18.0. The van der Waals surface area contributed by atoms with Crippen molar-refractivity contribution < 1.29 is 18.7 Å². The molecule has 1 aliphatic heterocycles. The number of rotatable bonds is 2. The van der Waals surface area contributed by atoms with Crippen LogP contribution in [0.25, 0.3) is 11.1 Å². The summed E-state index contributed by atoms with van der Waals surface area (Å²) >= 11 is 0. The lowest BCUT2D eigenvalue weighted by molar-refractivity contribution is 0.0868. The van der Waals surface area contributed by atoms with Gasteiger partial charge in [-0.2, -0.15) is 0 Å². The first kappa shape index (κ1) is 16.9. The highest BCUT2D eigenvalue weighted by molar-refractivity contribution is 5.91. The number of aromatic nitrogens is 1. The van der Waals surface area contributed by atoms with E-state index in [4.69, 9.17) is 9.15 Å². The molecule has 1 aliphatic rings. The standard InChI is InChI=1S/C16H20N4O5/c1-3-24-16(23)20-8-6-19(7-9-20)14(21)17-11-4-5-13-12(10-11)18(2)15(22)25-13/h4-5,10H,3,6-9H2,1-2H3,(H,17,21). The smallest absolute Gasteiger partial charge is 0.419 e. The third-order valence-electron chi connectivity index (χ3n) is 4.14. The van der Waals surface area contributed by atoms with E-state index in [0.717, 1.165) is 0 Å². The second-order valence-corrected chi connectivity index (χ2v) is 5.71. The summed E-state index contributed by atoms with van der Waals surface area (Å²) in [5.41, 5.74) is 1.64. The Morgan fingerprint density at radius 3 is 2.56 bits per heavy atom. The second kappa shape index (κ2) is 6.88. The van der Waals surface area contributed by atoms with Crippen LogP contribution >= 0.6 is 0 Å². The van der Waals surface area contributed by atoms with Gasteiger partial charge in [-0.25, -0.2) is 14.4 Å². The van der Waals surface area contributed by atoms with Crippen LogP contribution in [0, 0.1) is 0 Å². The molecule has 3 amide bonds. The summed E-state index contributed by atoms with van der Waals surface area (Å²) in [4.78, 5) is 38.8. The van der Waals surface area contributed by atoms with Crippen LogP contribution in [0.5, 0.6) is 0 Å². The Kier molecular flexibility index (Phi) is 4.64. The van der Waals surface area contributed by atoms with Crippen molar-refractivity contribution in [1.29, 1.82) is 0 Å². The van der Waals surface area contributed by atoms with Gasteiger partial charge in [-0.3, -0.25) is 4.57 Å². The largest absolute Gasteiger partial charge is 0.450 e. The number of carbonyl (C=O) groups is 2. The van der Waals surface area contributed by atoms with Gasteiger partial charge in [0.05, 0.1) is 12.1 Å². The molecule has 0 bridgehead atoms. The van der Waals surface area contributed by atoms with E-state index in [1.807, 2.05) is 0 Å². The van der Waals surface area contributed by atoms with E-state index < -0.39 is 5.76 Å². The Morgan fingerprint density at radius 2 is 1.88 bits per heavy atom. The summed E-state index contributed by atoms with van der Waals surface area (Å²) in [7, 11) is 1.61. The maximum absolute atomic E-state index is 12.4. The number of anilines is 1. The number of benzene rings is 1. The quantitative estimate of drug-likeness (QED) is 0.886. The van der Waals surface area contributed by atoms with Crippen molar-refractivity contribution in [3.05, 3.63) is 28.7 Å². The Balaban J connectivity index is 1.62. The number of nitrogens with zero attached hydrogens (tertiary/aromatic N) is 3. The van der Waals surface area contributed by atoms with Crippen LogP contribution in [0.2, 0.25) is 0 Å². The van der Waals surface area contributed by atoms with E-state index >= 15 is 0 Å². The van der Waals surface area contributed by atoms with Crippen LogP contribution in [-0.4, -0.2) is 59.3 Å². The zero-order valence-electron chi connectivity index (χ0n) is 14.2. The van der Waals surface area contributed by atoms with E-state index in [1.54, 1.807) is 42.0 Å². The first-order valence-corrected chi connectivity index (χ1v) is 8.07. The van der Waals surface area contributed by atoms with Gasteiger partial charge in [-0.05, 0) is 25.1 Å². The van der Waals surface area contributed by atoms with Gasteiger partial charge in [0.1, 0.15) is 0 Å². The minimum absolute atomic E-state index is 0.253. The molecule has 1 saturated heterocycles. The topological polar surface area (TPSA) is 97.0 Å². The number of nitrogens with one attached hydrogen (secondary N) is 1. The molecular formula is C16H20N4O5. The molecule has 1 fully saturated rings. The third kappa shape index (κ3) is 3.44. The highest BCUT2D eigenvalue weighted by Crippen LogP contribution is 2.18. The first-order chi connectivity index (χ1) is 12.0. The summed E-state index contributed by atoms with van der Waals surface area (Å²) in [5, 5.41) is 2.80. The molecule has 2 heterocycles. The van der Waals surface area contributed by atoms with Gasteiger partial charge in [0.2, 0.25) is 0 Å². The van der Waals surface area contributed by atoms with Gasteiger partial charge in [-0.1, -0.05) is 0 Å². The molecule has 0 radical (unpaired) electrons. The van der Waals surface area contributed by atoms with Crippen LogP contribution in [0.15, 0.2) is 27.4 Å². The fourth-order valence-electron chi connectivity index (χ4n) is 2.71. The fraction of sp³-hybridized carbons (Fsp3) is 0.438. The number of oxazole rings is 1. The van der Waals surface area contributed by atoms with Gasteiger partial charge >= 0.3 is 17.9 Å². The normalized spacial score (nSPS) is 14.6. The molecule has 3 rings (SSSR count). The molecule has 0 aliphatic carbocycles. The molecule has 0 unspecified atom stereocenters. The van der Waals surface area contributed by atoms with Crippen molar-refractivity contribution in [1.82, 2.24) is 14.4 Å². The fourth-order valence-corrected chi connectivity index (χ4v) is 2.71. The molecule has 1 aromatic heterocycles. The number of piperazine rings is 1. The SMILES string of the molecule is CCOC(=O)N1CCN(C(=O)Nc2ccc3oc(=O)n(C)c3c2)CC1. The average molecular weight is 348 g/mol. The van der Waals surface area contributed by atoms with Crippen molar-refractivity contribution in [3.8, 4) is 0 Å². The summed E-state index contributed by atoms with van der Waals surface area (Å²) < 4.78 is 11.4. The molecule has 0 spiro atoms. The van der Waals surface area contributed by atoms with Crippen LogP contribution in [-0.2, 0) is 11.8 Å². The maximum Gasteiger partial charge on any atom is 0.419 e. The summed E-state index contributed by atoms with van der Waals surface area (Å²) in [6.07, 6.45) is -0.353. The summed E-state index contributed by atoms with van der Waals surface area (Å²) in [6.45, 7) is 3.81. The van der Waals surface area contributed by atoms with E-state index in [-0.39, 0.29) is 12.1 Å². The zero-order valence-corrected chi connectivity index (χ0v) is 14.2. The van der Waals surface area contributed by atoms with Crippen LogP contribution in [0.4, 0.5) is 15.3 Å². The van der Waals surface area contributed by atoms with Gasteiger partial charge < -0.3 is 24.3 Å². The number of urea groups is 1. The number of amides is 3. The molecule has 1 N–H and O–H groups in total. The molecule has 25 heavy (non-hydrogen) atoms. The number of hydrogen-bond acceptors (Lipinski definition) is 5. The van der Waals surface area contributed by atoms with Crippen molar-refractivity contribution in [2.45, 2.75) is 6.92 Å². The molecular weight excluding hydrogens is 328 g/mol. The first-order valence-electron chi connectivity index (χ1n) is 8.07. The van der Waals surface area contributed by atoms with E-state index in [1.165, 1.54) is 4.57 Å². The number of ether oxygens (including phenoxy) is 1. The second-order valence-electron chi connectivity index (χ2n) is 5.71. The lowest BCUT2D eigenvalue weighted by Gasteiger charge is -2.33. The number of carbonyl (C=O) groups excluding carboxylic acids is 2. The van der Waals surface area contributed by atoms with Crippen LogP contribution in [0.3, 0.4) is 0 Å².